The molecule has 4 heteroatoms. The molecule has 0 heterocycles. The predicted molar refractivity (Wildman–Crippen MR) is 43.1 cm³/mol. The van der Waals surface area contributed by atoms with E-state index in [1.54, 1.807) is 18.2 Å². The van der Waals surface area contributed by atoms with Crippen molar-refractivity contribution in [2.24, 2.45) is 0 Å². The Morgan fingerprint density at radius 3 is 2.25 bits per heavy atom. The highest BCUT2D eigenvalue weighted by molar-refractivity contribution is 6.62. The zero-order chi connectivity index (χ0) is 8.97. The lowest BCUT2D eigenvalue weighted by Gasteiger charge is -1.96. The topological polar surface area (TPSA) is 43.4 Å². The van der Waals surface area contributed by atoms with Gasteiger partial charge in [0, 0.05) is 11.6 Å². The molecule has 62 valence electrons. The molecule has 0 aliphatic heterocycles. The molecule has 0 fully saturated rings. The van der Waals surface area contributed by atoms with Crippen LogP contribution in [0.4, 0.5) is 4.79 Å². The molecule has 0 amide bonds. The van der Waals surface area contributed by atoms with E-state index in [0.717, 1.165) is 0 Å². The largest absolute Gasteiger partial charge is 0.411 e. The normalized spacial score (nSPS) is 9.08. The highest BCUT2D eigenvalue weighted by Crippen LogP contribution is 2.02. The summed E-state index contributed by atoms with van der Waals surface area (Å²) in [6, 6.07) is 8.13. The first-order valence-electron chi connectivity index (χ1n) is 3.17. The number of ether oxygens (including phenoxy) is 1. The van der Waals surface area contributed by atoms with Crippen LogP contribution in [0.2, 0.25) is 0 Å². The molecule has 0 N–H and O–H groups in total. The molecule has 1 rings (SSSR count). The van der Waals surface area contributed by atoms with Crippen LogP contribution >= 0.6 is 11.6 Å². The van der Waals surface area contributed by atoms with Gasteiger partial charge in [-0.2, -0.15) is 0 Å². The highest BCUT2D eigenvalue weighted by atomic mass is 35.5. The second kappa shape index (κ2) is 3.88. The van der Waals surface area contributed by atoms with E-state index in [0.29, 0.717) is 5.56 Å². The molecule has 1 aromatic carbocycles. The van der Waals surface area contributed by atoms with E-state index in [1.165, 1.54) is 12.1 Å². The third-order valence-corrected chi connectivity index (χ3v) is 1.26. The van der Waals surface area contributed by atoms with Crippen molar-refractivity contribution in [2.45, 2.75) is 0 Å². The van der Waals surface area contributed by atoms with E-state index in [-0.39, 0.29) is 0 Å². The lowest BCUT2D eigenvalue weighted by Crippen LogP contribution is -2.05. The lowest BCUT2D eigenvalue weighted by atomic mass is 10.2. The zero-order valence-corrected chi connectivity index (χ0v) is 6.75. The summed E-state index contributed by atoms with van der Waals surface area (Å²) < 4.78 is 4.12. The summed E-state index contributed by atoms with van der Waals surface area (Å²) in [5, 5.41) is 0. The number of rotatable bonds is 1. The molecule has 1 aromatic rings. The van der Waals surface area contributed by atoms with E-state index in [9.17, 15) is 9.59 Å². The maximum Gasteiger partial charge on any atom is 0.411 e. The van der Waals surface area contributed by atoms with Gasteiger partial charge in [-0.3, -0.25) is 0 Å². The summed E-state index contributed by atoms with van der Waals surface area (Å²) >= 11 is 4.84. The summed E-state index contributed by atoms with van der Waals surface area (Å²) in [7, 11) is 0. The number of carbonyl (C=O) groups excluding carboxylic acids is 2. The molecule has 3 nitrogen and oxygen atoms in total. The van der Waals surface area contributed by atoms with E-state index in [2.05, 4.69) is 4.74 Å². The second-order valence-corrected chi connectivity index (χ2v) is 2.30. The predicted octanol–water partition coefficient (Wildman–Crippen LogP) is 2.20. The molecule has 0 atom stereocenters. The molecule has 0 aliphatic rings. The van der Waals surface area contributed by atoms with Crippen LogP contribution in [-0.2, 0) is 4.74 Å². The van der Waals surface area contributed by atoms with Crippen LogP contribution in [0.25, 0.3) is 0 Å². The van der Waals surface area contributed by atoms with Crippen LogP contribution in [0.1, 0.15) is 10.4 Å². The third-order valence-electron chi connectivity index (χ3n) is 1.18. The Morgan fingerprint density at radius 2 is 1.75 bits per heavy atom. The summed E-state index contributed by atoms with van der Waals surface area (Å²) in [4.78, 5) is 21.1. The second-order valence-electron chi connectivity index (χ2n) is 1.99. The lowest BCUT2D eigenvalue weighted by molar-refractivity contribution is 0.0662. The van der Waals surface area contributed by atoms with Crippen LogP contribution in [0.15, 0.2) is 30.3 Å². The van der Waals surface area contributed by atoms with E-state index >= 15 is 0 Å². The third kappa shape index (κ3) is 2.36. The van der Waals surface area contributed by atoms with Gasteiger partial charge >= 0.3 is 11.4 Å². The molecule has 0 aromatic heterocycles. The highest BCUT2D eigenvalue weighted by Gasteiger charge is 2.08. The SMILES string of the molecule is O=C(Cl)OC(=O)c1ccccc1. The number of halogens is 1. The van der Waals surface area contributed by atoms with Gasteiger partial charge in [0.15, 0.2) is 0 Å². The first kappa shape index (κ1) is 8.74. The Balaban J connectivity index is 2.73. The van der Waals surface area contributed by atoms with Crippen molar-refractivity contribution in [3.05, 3.63) is 35.9 Å². The number of hydrogen-bond acceptors (Lipinski definition) is 3. The zero-order valence-electron chi connectivity index (χ0n) is 5.99. The Labute approximate surface area is 73.9 Å². The maximum atomic E-state index is 10.9. The fraction of sp³-hybridized carbons (Fsp3) is 0. The monoisotopic (exact) mass is 184 g/mol. The van der Waals surface area contributed by atoms with Crippen molar-refractivity contribution in [3.8, 4) is 0 Å². The fourth-order valence-corrected chi connectivity index (χ4v) is 0.776. The summed E-state index contributed by atoms with van der Waals surface area (Å²) in [5.41, 5.74) is -0.824. The summed E-state index contributed by atoms with van der Waals surface area (Å²) in [6.07, 6.45) is 0. The number of hydrogen-bond donors (Lipinski definition) is 0. The van der Waals surface area contributed by atoms with Crippen molar-refractivity contribution < 1.29 is 14.3 Å². The van der Waals surface area contributed by atoms with Crippen molar-refractivity contribution in [1.82, 2.24) is 0 Å². The van der Waals surface area contributed by atoms with Crippen molar-refractivity contribution in [3.63, 3.8) is 0 Å². The van der Waals surface area contributed by atoms with Crippen LogP contribution in [0.3, 0.4) is 0 Å². The molecule has 0 bridgehead atoms. The molecular weight excluding hydrogens is 180 g/mol. The Hall–Kier alpha value is -1.35. The average Bonchev–Trinajstić information content (AvgIpc) is 2.05. The minimum atomic E-state index is -1.12. The van der Waals surface area contributed by atoms with Crippen molar-refractivity contribution in [1.29, 1.82) is 0 Å². The standard InChI is InChI=1S/C8H5ClO3/c9-8(11)12-7(10)6-4-2-1-3-5-6/h1-5H. The molecule has 0 saturated carbocycles. The quantitative estimate of drug-likeness (QED) is 0.382. The first-order chi connectivity index (χ1) is 5.70. The number of esters is 1. The number of benzene rings is 1. The van der Waals surface area contributed by atoms with Gasteiger partial charge in [0.2, 0.25) is 0 Å². The Kier molecular flexibility index (Phi) is 2.82. The van der Waals surface area contributed by atoms with E-state index in [1.807, 2.05) is 0 Å². The Bertz CT molecular complexity index is 294. The summed E-state index contributed by atoms with van der Waals surface area (Å²) in [5.74, 6) is -0.740. The van der Waals surface area contributed by atoms with Gasteiger partial charge < -0.3 is 4.74 Å². The van der Waals surface area contributed by atoms with Gasteiger partial charge in [-0.15, -0.1) is 0 Å². The van der Waals surface area contributed by atoms with Crippen LogP contribution in [0.5, 0.6) is 0 Å². The Morgan fingerprint density at radius 1 is 1.17 bits per heavy atom. The molecule has 0 aliphatic carbocycles. The van der Waals surface area contributed by atoms with Gasteiger partial charge in [0.05, 0.1) is 5.56 Å². The fourth-order valence-electron chi connectivity index (χ4n) is 0.706. The van der Waals surface area contributed by atoms with Gasteiger partial charge in [-0.25, -0.2) is 9.59 Å². The number of carbonyl (C=O) groups is 2. The first-order valence-corrected chi connectivity index (χ1v) is 3.54. The van der Waals surface area contributed by atoms with Crippen LogP contribution in [0, 0.1) is 0 Å². The minimum absolute atomic E-state index is 0.298. The molecule has 0 radical (unpaired) electrons. The average molecular weight is 185 g/mol. The van der Waals surface area contributed by atoms with Crippen molar-refractivity contribution in [2.75, 3.05) is 0 Å². The van der Waals surface area contributed by atoms with Crippen LogP contribution < -0.4 is 0 Å². The molecular formula is C8H5ClO3. The summed E-state index contributed by atoms with van der Waals surface area (Å²) in [6.45, 7) is 0. The van der Waals surface area contributed by atoms with Gasteiger partial charge in [0.1, 0.15) is 0 Å². The van der Waals surface area contributed by atoms with Gasteiger partial charge in [0.25, 0.3) is 0 Å². The maximum absolute atomic E-state index is 10.9. The molecule has 0 saturated heterocycles. The van der Waals surface area contributed by atoms with Gasteiger partial charge in [-0.1, -0.05) is 18.2 Å². The van der Waals surface area contributed by atoms with E-state index in [4.69, 9.17) is 11.6 Å². The minimum Gasteiger partial charge on any atom is -0.377 e. The van der Waals surface area contributed by atoms with Crippen LogP contribution in [-0.4, -0.2) is 11.4 Å². The van der Waals surface area contributed by atoms with E-state index < -0.39 is 11.4 Å². The van der Waals surface area contributed by atoms with Gasteiger partial charge in [-0.05, 0) is 12.1 Å². The van der Waals surface area contributed by atoms with Crippen molar-refractivity contribution >= 4 is 23.0 Å². The molecule has 0 spiro atoms. The molecule has 12 heavy (non-hydrogen) atoms. The molecule has 0 unspecified atom stereocenters. The smallest absolute Gasteiger partial charge is 0.377 e.